The van der Waals surface area contributed by atoms with Crippen LogP contribution < -0.4 is 0 Å². The summed E-state index contributed by atoms with van der Waals surface area (Å²) in [7, 11) is 0.642. The molecule has 0 saturated carbocycles. The lowest BCUT2D eigenvalue weighted by molar-refractivity contribution is 0.691. The normalized spacial score (nSPS) is 12.2. The largest absolute Gasteiger partial charge is 0.248 e. The van der Waals surface area contributed by atoms with Crippen LogP contribution in [0.5, 0.6) is 0 Å². The fraction of sp³-hybridized carbons (Fsp3) is 0.143. The number of rotatable bonds is 5. The lowest BCUT2D eigenvalue weighted by Gasteiger charge is -2.02. The molecule has 0 heterocycles. The third kappa shape index (κ3) is 4.36. The van der Waals surface area contributed by atoms with Crippen LogP contribution in [0.1, 0.15) is 11.1 Å². The molecule has 0 bridgehead atoms. The van der Waals surface area contributed by atoms with Crippen molar-refractivity contribution >= 4 is 20.6 Å². The summed E-state index contributed by atoms with van der Waals surface area (Å²) in [5.41, 5.74) is 2.35. The summed E-state index contributed by atoms with van der Waals surface area (Å²) in [5.74, 6) is 1.43. The van der Waals surface area contributed by atoms with E-state index in [9.17, 15) is 4.21 Å². The Morgan fingerprint density at radius 3 is 1.94 bits per heavy atom. The van der Waals surface area contributed by atoms with Gasteiger partial charge in [0.25, 0.3) is 0 Å². The van der Waals surface area contributed by atoms with Crippen molar-refractivity contribution in [2.45, 2.75) is 11.5 Å². The van der Waals surface area contributed by atoms with Gasteiger partial charge in [-0.2, -0.15) is 0 Å². The van der Waals surface area contributed by atoms with Crippen molar-refractivity contribution in [1.82, 2.24) is 0 Å². The zero-order chi connectivity index (χ0) is 11.9. The number of hydrogen-bond acceptors (Lipinski definition) is 2. The van der Waals surface area contributed by atoms with E-state index in [-0.39, 0.29) is 0 Å². The molecule has 0 saturated heterocycles. The average Bonchev–Trinajstić information content (AvgIpc) is 2.39. The van der Waals surface area contributed by atoms with Gasteiger partial charge < -0.3 is 0 Å². The van der Waals surface area contributed by atoms with Crippen LogP contribution in [0, 0.1) is 0 Å². The van der Waals surface area contributed by atoms with E-state index in [1.165, 1.54) is 16.4 Å². The van der Waals surface area contributed by atoms with Crippen LogP contribution in [0.15, 0.2) is 60.7 Å². The summed E-state index contributed by atoms with van der Waals surface area (Å²) >= 11 is 0. The smallest absolute Gasteiger partial charge is 0.0851 e. The molecule has 2 rings (SSSR count). The van der Waals surface area contributed by atoms with Crippen LogP contribution in [0.2, 0.25) is 0 Å². The maximum Gasteiger partial charge on any atom is 0.0851 e. The molecule has 0 amide bonds. The van der Waals surface area contributed by atoms with Crippen molar-refractivity contribution in [3.8, 4) is 0 Å². The fourth-order valence-corrected chi connectivity index (χ4v) is 3.93. The van der Waals surface area contributed by atoms with Gasteiger partial charge in [-0.3, -0.25) is 0 Å². The van der Waals surface area contributed by atoms with Crippen molar-refractivity contribution in [1.29, 1.82) is 0 Å². The first kappa shape index (κ1) is 12.4. The molecule has 2 aromatic rings. The molecule has 0 aliphatic heterocycles. The molecule has 2 aromatic carbocycles. The minimum absolute atomic E-state index is 0.623. The van der Waals surface area contributed by atoms with Crippen molar-refractivity contribution in [3.05, 3.63) is 71.8 Å². The first-order valence-corrected chi connectivity index (χ1v) is 8.26. The summed E-state index contributed by atoms with van der Waals surface area (Å²) in [4.78, 5) is 0. The third-order valence-electron chi connectivity index (χ3n) is 2.33. The number of hydrogen-bond donors (Lipinski definition) is 0. The first-order chi connectivity index (χ1) is 8.34. The van der Waals surface area contributed by atoms with Gasteiger partial charge in [-0.25, -0.2) is 4.21 Å². The lowest BCUT2D eigenvalue weighted by Crippen LogP contribution is -1.91. The highest BCUT2D eigenvalue weighted by atomic mass is 33.1. The Kier molecular flexibility index (Phi) is 4.83. The zero-order valence-electron chi connectivity index (χ0n) is 9.41. The van der Waals surface area contributed by atoms with Gasteiger partial charge in [0.05, 0.1) is 15.6 Å². The lowest BCUT2D eigenvalue weighted by atomic mass is 10.2. The van der Waals surface area contributed by atoms with Crippen LogP contribution in [-0.2, 0) is 21.3 Å². The molecule has 0 aliphatic carbocycles. The Labute approximate surface area is 108 Å². The molecule has 0 unspecified atom stereocenters. The molecule has 88 valence electrons. The van der Waals surface area contributed by atoms with Crippen molar-refractivity contribution in [2.24, 2.45) is 0 Å². The van der Waals surface area contributed by atoms with Crippen LogP contribution >= 0.6 is 10.8 Å². The summed E-state index contributed by atoms with van der Waals surface area (Å²) in [6.45, 7) is 0. The summed E-state index contributed by atoms with van der Waals surface area (Å²) in [5, 5.41) is 0. The Morgan fingerprint density at radius 2 is 1.35 bits per heavy atom. The minimum atomic E-state index is -0.855. The highest BCUT2D eigenvalue weighted by Gasteiger charge is 2.02. The molecule has 0 radical (unpaired) electrons. The predicted molar refractivity (Wildman–Crippen MR) is 76.0 cm³/mol. The Morgan fingerprint density at radius 1 is 0.824 bits per heavy atom. The summed E-state index contributed by atoms with van der Waals surface area (Å²) in [6.07, 6.45) is 0. The van der Waals surface area contributed by atoms with Crippen molar-refractivity contribution < 1.29 is 4.21 Å². The molecule has 0 aromatic heterocycles. The van der Waals surface area contributed by atoms with E-state index in [1.54, 1.807) is 0 Å². The monoisotopic (exact) mass is 262 g/mol. The molecule has 1 atom stereocenters. The van der Waals surface area contributed by atoms with E-state index in [0.717, 1.165) is 11.3 Å². The van der Waals surface area contributed by atoms with E-state index in [1.807, 2.05) is 48.5 Å². The molecule has 0 spiro atoms. The first-order valence-electron chi connectivity index (χ1n) is 5.44. The van der Waals surface area contributed by atoms with Gasteiger partial charge in [0.1, 0.15) is 0 Å². The van der Waals surface area contributed by atoms with E-state index in [4.69, 9.17) is 0 Å². The van der Waals surface area contributed by atoms with Crippen molar-refractivity contribution in [2.75, 3.05) is 0 Å². The van der Waals surface area contributed by atoms with Gasteiger partial charge in [0.15, 0.2) is 0 Å². The van der Waals surface area contributed by atoms with Crippen LogP contribution in [-0.4, -0.2) is 4.21 Å². The van der Waals surface area contributed by atoms with Crippen LogP contribution in [0.4, 0.5) is 0 Å². The Hall–Kier alpha value is -1.06. The van der Waals surface area contributed by atoms with E-state index >= 15 is 0 Å². The van der Waals surface area contributed by atoms with E-state index in [2.05, 4.69) is 12.1 Å². The second kappa shape index (κ2) is 6.62. The standard InChI is InChI=1S/C14H14OS2/c15-17(12-14-9-5-2-6-10-14)16-11-13-7-3-1-4-8-13/h1-10H,11-12H2/t17-/m0/s1. The minimum Gasteiger partial charge on any atom is -0.248 e. The van der Waals surface area contributed by atoms with Crippen molar-refractivity contribution in [3.63, 3.8) is 0 Å². The molecule has 0 N–H and O–H groups in total. The fourth-order valence-electron chi connectivity index (χ4n) is 1.46. The molecule has 3 heteroatoms. The average molecular weight is 262 g/mol. The molecule has 0 fully saturated rings. The van der Waals surface area contributed by atoms with Gasteiger partial charge in [0, 0.05) is 5.75 Å². The van der Waals surface area contributed by atoms with Crippen LogP contribution in [0.25, 0.3) is 0 Å². The zero-order valence-corrected chi connectivity index (χ0v) is 11.0. The quantitative estimate of drug-likeness (QED) is 0.763. The molecule has 0 aliphatic rings. The predicted octanol–water partition coefficient (Wildman–Crippen LogP) is 3.78. The Balaban J connectivity index is 1.83. The summed E-state index contributed by atoms with van der Waals surface area (Å²) < 4.78 is 11.9. The van der Waals surface area contributed by atoms with Crippen LogP contribution in [0.3, 0.4) is 0 Å². The second-order valence-electron chi connectivity index (χ2n) is 3.68. The maximum atomic E-state index is 11.9. The Bertz CT molecular complexity index is 468. The molecular weight excluding hydrogens is 248 g/mol. The second-order valence-corrected chi connectivity index (χ2v) is 6.92. The van der Waals surface area contributed by atoms with E-state index < -0.39 is 9.83 Å². The van der Waals surface area contributed by atoms with E-state index in [0.29, 0.717) is 5.75 Å². The van der Waals surface area contributed by atoms with Gasteiger partial charge in [-0.1, -0.05) is 71.5 Å². The molecular formula is C14H14OS2. The summed E-state index contributed by atoms with van der Waals surface area (Å²) in [6, 6.07) is 20.1. The van der Waals surface area contributed by atoms with Gasteiger partial charge in [0.2, 0.25) is 0 Å². The SMILES string of the molecule is O=[S@](Cc1ccccc1)SCc1ccccc1. The molecule has 1 nitrogen and oxygen atoms in total. The maximum absolute atomic E-state index is 11.9. The third-order valence-corrected chi connectivity index (χ3v) is 5.11. The topological polar surface area (TPSA) is 17.1 Å². The highest BCUT2D eigenvalue weighted by Crippen LogP contribution is 2.19. The number of benzene rings is 2. The van der Waals surface area contributed by atoms with Gasteiger partial charge in [-0.05, 0) is 11.1 Å². The highest BCUT2D eigenvalue weighted by molar-refractivity contribution is 8.68. The molecule has 17 heavy (non-hydrogen) atoms. The van der Waals surface area contributed by atoms with Gasteiger partial charge >= 0.3 is 0 Å². The van der Waals surface area contributed by atoms with Gasteiger partial charge in [-0.15, -0.1) is 0 Å².